The van der Waals surface area contributed by atoms with Crippen molar-refractivity contribution in [1.82, 2.24) is 10.2 Å². The van der Waals surface area contributed by atoms with E-state index in [1.807, 2.05) is 20.8 Å². The lowest BCUT2D eigenvalue weighted by Crippen LogP contribution is -2.44. The van der Waals surface area contributed by atoms with Crippen LogP contribution < -0.4 is 5.32 Å². The number of likely N-dealkylation sites (tertiary alicyclic amines) is 1. The Morgan fingerprint density at radius 2 is 2.17 bits per heavy atom. The number of nitrogens with zero attached hydrogens (tertiary/aromatic N) is 1. The number of amides is 1. The molecule has 23 heavy (non-hydrogen) atoms. The molecule has 2 rings (SSSR count). The zero-order valence-corrected chi connectivity index (χ0v) is 13.9. The van der Waals surface area contributed by atoms with Crippen molar-refractivity contribution in [3.8, 4) is 5.75 Å². The van der Waals surface area contributed by atoms with Crippen molar-refractivity contribution in [1.29, 1.82) is 0 Å². The summed E-state index contributed by atoms with van der Waals surface area (Å²) in [7, 11) is 0. The standard InChI is InChI=1S/C17H25FN2O3/c1-17(2,3)23-16(22)20-6-4-5-14(20)11-19-10-12-7-13(18)9-15(21)8-12/h7-9,14,19,21H,4-6,10-11H2,1-3H3. The molecule has 0 aromatic heterocycles. The number of nitrogens with one attached hydrogen (secondary N) is 1. The highest BCUT2D eigenvalue weighted by Gasteiger charge is 2.31. The summed E-state index contributed by atoms with van der Waals surface area (Å²) < 4.78 is 18.6. The number of ether oxygens (including phenoxy) is 1. The van der Waals surface area contributed by atoms with Crippen molar-refractivity contribution in [2.45, 2.75) is 51.8 Å². The molecule has 1 aromatic rings. The van der Waals surface area contributed by atoms with E-state index >= 15 is 0 Å². The molecule has 2 N–H and O–H groups in total. The first-order valence-corrected chi connectivity index (χ1v) is 7.93. The second-order valence-electron chi connectivity index (χ2n) is 6.92. The van der Waals surface area contributed by atoms with Gasteiger partial charge in [0.05, 0.1) is 0 Å². The number of halogens is 1. The summed E-state index contributed by atoms with van der Waals surface area (Å²) in [5.41, 5.74) is 0.167. The van der Waals surface area contributed by atoms with E-state index in [0.717, 1.165) is 18.9 Å². The van der Waals surface area contributed by atoms with Crippen molar-refractivity contribution in [3.63, 3.8) is 0 Å². The van der Waals surface area contributed by atoms with Crippen LogP contribution in [0.1, 0.15) is 39.2 Å². The average molecular weight is 324 g/mol. The smallest absolute Gasteiger partial charge is 0.410 e. The number of rotatable bonds is 4. The fourth-order valence-corrected chi connectivity index (χ4v) is 2.73. The summed E-state index contributed by atoms with van der Waals surface area (Å²) >= 11 is 0. The van der Waals surface area contributed by atoms with Crippen LogP contribution in [0.4, 0.5) is 9.18 Å². The molecule has 1 atom stereocenters. The number of benzene rings is 1. The van der Waals surface area contributed by atoms with E-state index in [-0.39, 0.29) is 17.9 Å². The zero-order chi connectivity index (χ0) is 17.0. The Balaban J connectivity index is 1.85. The predicted octanol–water partition coefficient (Wildman–Crippen LogP) is 3.02. The summed E-state index contributed by atoms with van der Waals surface area (Å²) in [6, 6.07) is 4.06. The van der Waals surface area contributed by atoms with Crippen LogP contribution in [-0.4, -0.2) is 40.8 Å². The van der Waals surface area contributed by atoms with E-state index in [2.05, 4.69) is 5.32 Å². The van der Waals surface area contributed by atoms with Crippen LogP contribution in [0.3, 0.4) is 0 Å². The zero-order valence-electron chi connectivity index (χ0n) is 13.9. The first kappa shape index (κ1) is 17.5. The topological polar surface area (TPSA) is 61.8 Å². The van der Waals surface area contributed by atoms with Gasteiger partial charge in [-0.2, -0.15) is 0 Å². The van der Waals surface area contributed by atoms with Gasteiger partial charge in [0.15, 0.2) is 0 Å². The van der Waals surface area contributed by atoms with Crippen LogP contribution in [0.15, 0.2) is 18.2 Å². The van der Waals surface area contributed by atoms with Gasteiger partial charge in [-0.1, -0.05) is 0 Å². The Labute approximate surface area is 136 Å². The Morgan fingerprint density at radius 1 is 1.43 bits per heavy atom. The van der Waals surface area contributed by atoms with E-state index in [9.17, 15) is 14.3 Å². The fourth-order valence-electron chi connectivity index (χ4n) is 2.73. The van der Waals surface area contributed by atoms with Crippen molar-refractivity contribution in [3.05, 3.63) is 29.6 Å². The fraction of sp³-hybridized carbons (Fsp3) is 0.588. The van der Waals surface area contributed by atoms with Crippen LogP contribution in [0.2, 0.25) is 0 Å². The third-order valence-electron chi connectivity index (χ3n) is 3.66. The number of phenols is 1. The van der Waals surface area contributed by atoms with Crippen LogP contribution in [0.25, 0.3) is 0 Å². The molecule has 1 fully saturated rings. The molecule has 0 spiro atoms. The Bertz CT molecular complexity index is 537. The Morgan fingerprint density at radius 3 is 2.83 bits per heavy atom. The van der Waals surface area contributed by atoms with E-state index in [4.69, 9.17) is 4.74 Å². The summed E-state index contributed by atoms with van der Waals surface area (Å²) in [5.74, 6) is -0.545. The minimum atomic E-state index is -0.503. The summed E-state index contributed by atoms with van der Waals surface area (Å²) in [4.78, 5) is 13.9. The van der Waals surface area contributed by atoms with Crippen molar-refractivity contribution in [2.75, 3.05) is 13.1 Å². The molecule has 0 aliphatic carbocycles. The SMILES string of the molecule is CC(C)(C)OC(=O)N1CCCC1CNCc1cc(O)cc(F)c1. The quantitative estimate of drug-likeness (QED) is 0.894. The molecule has 0 saturated carbocycles. The number of hydrogen-bond acceptors (Lipinski definition) is 4. The second-order valence-corrected chi connectivity index (χ2v) is 6.92. The summed E-state index contributed by atoms with van der Waals surface area (Å²) in [5, 5.41) is 12.6. The lowest BCUT2D eigenvalue weighted by molar-refractivity contribution is 0.0226. The molecule has 1 amide bonds. The summed E-state index contributed by atoms with van der Waals surface area (Å²) in [6.45, 7) is 7.29. The number of carbonyl (C=O) groups is 1. The molecular weight excluding hydrogens is 299 g/mol. The van der Waals surface area contributed by atoms with Crippen molar-refractivity contribution >= 4 is 6.09 Å². The molecule has 1 heterocycles. The minimum absolute atomic E-state index is 0.0759. The maximum atomic E-state index is 13.2. The van der Waals surface area contributed by atoms with Crippen LogP contribution in [-0.2, 0) is 11.3 Å². The molecule has 1 aliphatic rings. The van der Waals surface area contributed by atoms with Gasteiger partial charge < -0.3 is 20.1 Å². The van der Waals surface area contributed by atoms with Gasteiger partial charge in [-0.25, -0.2) is 9.18 Å². The van der Waals surface area contributed by atoms with Gasteiger partial charge in [0.1, 0.15) is 17.2 Å². The van der Waals surface area contributed by atoms with Gasteiger partial charge in [0.2, 0.25) is 0 Å². The third kappa shape index (κ3) is 5.39. The van der Waals surface area contributed by atoms with Crippen molar-refractivity contribution in [2.24, 2.45) is 0 Å². The molecule has 1 aromatic carbocycles. The first-order valence-electron chi connectivity index (χ1n) is 7.93. The van der Waals surface area contributed by atoms with Gasteiger partial charge in [0.25, 0.3) is 0 Å². The molecule has 0 radical (unpaired) electrons. The van der Waals surface area contributed by atoms with Crippen molar-refractivity contribution < 1.29 is 19.0 Å². The Kier molecular flexibility index (Phi) is 5.46. The number of carbonyl (C=O) groups excluding carboxylic acids is 1. The predicted molar refractivity (Wildman–Crippen MR) is 85.7 cm³/mol. The van der Waals surface area contributed by atoms with Gasteiger partial charge in [0, 0.05) is 31.7 Å². The highest BCUT2D eigenvalue weighted by molar-refractivity contribution is 5.69. The minimum Gasteiger partial charge on any atom is -0.508 e. The van der Waals surface area contributed by atoms with E-state index in [1.54, 1.807) is 4.90 Å². The molecule has 1 saturated heterocycles. The highest BCUT2D eigenvalue weighted by Crippen LogP contribution is 2.20. The third-order valence-corrected chi connectivity index (χ3v) is 3.66. The second kappa shape index (κ2) is 7.17. The first-order chi connectivity index (χ1) is 10.7. The van der Waals surface area contributed by atoms with E-state index in [1.165, 1.54) is 12.1 Å². The molecule has 1 unspecified atom stereocenters. The maximum absolute atomic E-state index is 13.2. The highest BCUT2D eigenvalue weighted by atomic mass is 19.1. The number of aromatic hydroxyl groups is 1. The van der Waals surface area contributed by atoms with Crippen LogP contribution in [0, 0.1) is 5.82 Å². The van der Waals surface area contributed by atoms with Gasteiger partial charge in [-0.3, -0.25) is 0 Å². The average Bonchev–Trinajstić information content (AvgIpc) is 2.84. The monoisotopic (exact) mass is 324 g/mol. The Hall–Kier alpha value is -1.82. The number of hydrogen-bond donors (Lipinski definition) is 2. The molecule has 5 nitrogen and oxygen atoms in total. The number of phenolic OH excluding ortho intramolecular Hbond substituents is 1. The van der Waals surface area contributed by atoms with Gasteiger partial charge in [-0.15, -0.1) is 0 Å². The molecular formula is C17H25FN2O3. The summed E-state index contributed by atoms with van der Waals surface area (Å²) in [6.07, 6.45) is 1.58. The lowest BCUT2D eigenvalue weighted by Gasteiger charge is -2.28. The van der Waals surface area contributed by atoms with E-state index in [0.29, 0.717) is 25.2 Å². The lowest BCUT2D eigenvalue weighted by atomic mass is 10.2. The molecule has 128 valence electrons. The largest absolute Gasteiger partial charge is 0.508 e. The maximum Gasteiger partial charge on any atom is 0.410 e. The molecule has 1 aliphatic heterocycles. The van der Waals surface area contributed by atoms with Gasteiger partial charge >= 0.3 is 6.09 Å². The van der Waals surface area contributed by atoms with Crippen LogP contribution >= 0.6 is 0 Å². The molecule has 6 heteroatoms. The van der Waals surface area contributed by atoms with E-state index < -0.39 is 11.4 Å². The normalized spacial score (nSPS) is 18.3. The van der Waals surface area contributed by atoms with Gasteiger partial charge in [-0.05, 0) is 51.3 Å². The van der Waals surface area contributed by atoms with Crippen LogP contribution in [0.5, 0.6) is 5.75 Å². The molecule has 0 bridgehead atoms.